The van der Waals surface area contributed by atoms with Gasteiger partial charge in [0.1, 0.15) is 10.7 Å². The highest BCUT2D eigenvalue weighted by Gasteiger charge is 2.38. The highest BCUT2D eigenvalue weighted by atomic mass is 32.2. The van der Waals surface area contributed by atoms with Crippen LogP contribution in [-0.4, -0.2) is 53.7 Å². The zero-order valence-corrected chi connectivity index (χ0v) is 15.7. The number of hydrogen-bond donors (Lipinski definition) is 0. The minimum Gasteiger partial charge on any atom is -0.355 e. The molecule has 2 aromatic heterocycles. The Hall–Kier alpha value is -2.14. The highest BCUT2D eigenvalue weighted by molar-refractivity contribution is 7.89. The molecule has 0 amide bonds. The zero-order chi connectivity index (χ0) is 19.8. The number of aromatic nitrogens is 3. The number of likely N-dealkylation sites (N-methyl/N-ethyl adjacent to an activating group) is 1. The van der Waals surface area contributed by atoms with Crippen molar-refractivity contribution in [2.75, 3.05) is 25.0 Å². The summed E-state index contributed by atoms with van der Waals surface area (Å²) in [5, 5.41) is 3.88. The molecule has 1 aliphatic heterocycles. The Morgan fingerprint density at radius 3 is 2.70 bits per heavy atom. The van der Waals surface area contributed by atoms with E-state index in [1.54, 1.807) is 7.05 Å². The van der Waals surface area contributed by atoms with Gasteiger partial charge < -0.3 is 4.90 Å². The lowest BCUT2D eigenvalue weighted by Gasteiger charge is -2.38. The zero-order valence-electron chi connectivity index (χ0n) is 14.9. The summed E-state index contributed by atoms with van der Waals surface area (Å²) in [6, 6.07) is 1.80. The molecule has 0 radical (unpaired) electrons. The summed E-state index contributed by atoms with van der Waals surface area (Å²) in [5.74, 6) is -0.198. The maximum atomic E-state index is 13.3. The number of nitrogens with zero attached hydrogens (tertiary/aromatic N) is 5. The van der Waals surface area contributed by atoms with Crippen LogP contribution in [0.2, 0.25) is 0 Å². The first-order valence-corrected chi connectivity index (χ1v) is 9.78. The monoisotopic (exact) mass is 403 g/mol. The van der Waals surface area contributed by atoms with E-state index < -0.39 is 27.8 Å². The van der Waals surface area contributed by atoms with Gasteiger partial charge in [0.15, 0.2) is 0 Å². The van der Waals surface area contributed by atoms with Gasteiger partial charge in [-0.15, -0.1) is 0 Å². The van der Waals surface area contributed by atoms with Crippen LogP contribution < -0.4 is 4.90 Å². The van der Waals surface area contributed by atoms with Gasteiger partial charge in [-0.3, -0.25) is 4.68 Å². The van der Waals surface area contributed by atoms with E-state index in [0.717, 1.165) is 6.07 Å². The van der Waals surface area contributed by atoms with E-state index in [0.29, 0.717) is 19.4 Å². The minimum atomic E-state index is -4.53. The van der Waals surface area contributed by atoms with Crippen LogP contribution in [0.3, 0.4) is 0 Å². The topological polar surface area (TPSA) is 71.3 Å². The molecule has 11 heteroatoms. The van der Waals surface area contributed by atoms with E-state index in [1.165, 1.54) is 45.6 Å². The fourth-order valence-corrected chi connectivity index (χ4v) is 4.71. The van der Waals surface area contributed by atoms with Gasteiger partial charge in [-0.1, -0.05) is 0 Å². The number of piperidine rings is 1. The largest absolute Gasteiger partial charge is 0.419 e. The summed E-state index contributed by atoms with van der Waals surface area (Å²) in [7, 11) is -0.615. The van der Waals surface area contributed by atoms with Gasteiger partial charge in [-0.25, -0.2) is 13.4 Å². The molecule has 0 aliphatic carbocycles. The smallest absolute Gasteiger partial charge is 0.355 e. The van der Waals surface area contributed by atoms with Crippen LogP contribution in [0.1, 0.15) is 18.4 Å². The molecular formula is C16H20F3N5O2S. The molecule has 1 unspecified atom stereocenters. The predicted molar refractivity (Wildman–Crippen MR) is 92.6 cm³/mol. The number of sulfonamides is 1. The molecule has 0 aromatic carbocycles. The molecule has 7 nitrogen and oxygen atoms in total. The first-order valence-electron chi connectivity index (χ1n) is 8.34. The summed E-state index contributed by atoms with van der Waals surface area (Å²) in [4.78, 5) is 5.39. The van der Waals surface area contributed by atoms with Gasteiger partial charge >= 0.3 is 6.18 Å². The fraction of sp³-hybridized carbons (Fsp3) is 0.500. The lowest BCUT2D eigenvalue weighted by atomic mass is 10.1. The maximum Gasteiger partial charge on any atom is 0.419 e. The summed E-state index contributed by atoms with van der Waals surface area (Å²) in [5.41, 5.74) is -0.834. The van der Waals surface area contributed by atoms with E-state index in [1.807, 2.05) is 0 Å². The van der Waals surface area contributed by atoms with E-state index in [4.69, 9.17) is 0 Å². The van der Waals surface area contributed by atoms with Crippen molar-refractivity contribution >= 4 is 15.8 Å². The number of alkyl halides is 3. The molecule has 3 heterocycles. The number of halogens is 3. The van der Waals surface area contributed by atoms with Crippen LogP contribution in [0.25, 0.3) is 0 Å². The van der Waals surface area contributed by atoms with Crippen molar-refractivity contribution in [3.05, 3.63) is 36.3 Å². The molecule has 1 atom stereocenters. The van der Waals surface area contributed by atoms with Crippen molar-refractivity contribution in [3.8, 4) is 0 Å². The van der Waals surface area contributed by atoms with Crippen molar-refractivity contribution < 1.29 is 21.6 Å². The van der Waals surface area contributed by atoms with Crippen molar-refractivity contribution in [2.24, 2.45) is 7.05 Å². The Bertz CT molecular complexity index is 913. The van der Waals surface area contributed by atoms with Gasteiger partial charge in [0.25, 0.3) is 0 Å². The van der Waals surface area contributed by atoms with E-state index in [9.17, 15) is 21.6 Å². The second-order valence-electron chi connectivity index (χ2n) is 6.49. The summed E-state index contributed by atoms with van der Waals surface area (Å²) in [6.45, 7) is 0.400. The molecule has 0 N–H and O–H groups in total. The summed E-state index contributed by atoms with van der Waals surface area (Å²) in [6.07, 6.45) is 0.556. The Kier molecular flexibility index (Phi) is 5.17. The van der Waals surface area contributed by atoms with Crippen molar-refractivity contribution in [3.63, 3.8) is 0 Å². The van der Waals surface area contributed by atoms with Gasteiger partial charge in [0, 0.05) is 45.6 Å². The van der Waals surface area contributed by atoms with Crippen LogP contribution in [0, 0.1) is 0 Å². The predicted octanol–water partition coefficient (Wildman–Crippen LogP) is 2.12. The SMILES string of the molecule is CN(c1ncccc1C(F)(F)F)C1CCCN(S(=O)(=O)c2cnn(C)c2)C1. The van der Waals surface area contributed by atoms with Crippen molar-refractivity contribution in [2.45, 2.75) is 30.0 Å². The number of hydrogen-bond acceptors (Lipinski definition) is 5. The molecule has 0 spiro atoms. The molecule has 27 heavy (non-hydrogen) atoms. The molecule has 3 rings (SSSR count). The maximum absolute atomic E-state index is 13.3. The molecule has 2 aromatic rings. The molecular weight excluding hydrogens is 383 g/mol. The Morgan fingerprint density at radius 1 is 1.33 bits per heavy atom. The molecule has 0 saturated carbocycles. The van der Waals surface area contributed by atoms with E-state index in [-0.39, 0.29) is 17.3 Å². The second kappa shape index (κ2) is 7.12. The first kappa shape index (κ1) is 19.6. The Morgan fingerprint density at radius 2 is 2.07 bits per heavy atom. The summed E-state index contributed by atoms with van der Waals surface area (Å²) < 4.78 is 68.1. The molecule has 1 fully saturated rings. The minimum absolute atomic E-state index is 0.0714. The van der Waals surface area contributed by atoms with Crippen molar-refractivity contribution in [1.29, 1.82) is 0 Å². The molecule has 0 bridgehead atoms. The third-order valence-corrected chi connectivity index (χ3v) is 6.47. The number of pyridine rings is 1. The molecule has 1 aliphatic rings. The standard InChI is InChI=1S/C16H20F3N5O2S/c1-22-11-13(9-21-22)27(25,26)24-8-4-5-12(10-24)23(2)15-14(16(17,18)19)6-3-7-20-15/h3,6-7,9,11-12H,4-5,8,10H2,1-2H3. The third kappa shape index (κ3) is 3.93. The van der Waals surface area contributed by atoms with Gasteiger partial charge in [-0.2, -0.15) is 22.6 Å². The third-order valence-electron chi connectivity index (χ3n) is 4.65. The van der Waals surface area contributed by atoms with E-state index in [2.05, 4.69) is 10.1 Å². The normalized spacial score (nSPS) is 19.2. The van der Waals surface area contributed by atoms with Gasteiger partial charge in [0.05, 0.1) is 11.8 Å². The average Bonchev–Trinajstić information content (AvgIpc) is 3.08. The van der Waals surface area contributed by atoms with Crippen LogP contribution in [0.15, 0.2) is 35.6 Å². The Labute approximate surface area is 155 Å². The van der Waals surface area contributed by atoms with Crippen LogP contribution >= 0.6 is 0 Å². The Balaban J connectivity index is 1.85. The molecule has 148 valence electrons. The number of anilines is 1. The second-order valence-corrected chi connectivity index (χ2v) is 8.43. The quantitative estimate of drug-likeness (QED) is 0.782. The highest BCUT2D eigenvalue weighted by Crippen LogP contribution is 2.36. The fourth-order valence-electron chi connectivity index (χ4n) is 3.21. The van der Waals surface area contributed by atoms with Crippen molar-refractivity contribution in [1.82, 2.24) is 19.1 Å². The lowest BCUT2D eigenvalue weighted by molar-refractivity contribution is -0.137. The van der Waals surface area contributed by atoms with Crippen LogP contribution in [0.4, 0.5) is 19.0 Å². The lowest BCUT2D eigenvalue weighted by Crippen LogP contribution is -2.49. The van der Waals surface area contributed by atoms with Crippen LogP contribution in [-0.2, 0) is 23.2 Å². The number of aryl methyl sites for hydroxylation is 1. The van der Waals surface area contributed by atoms with Gasteiger partial charge in [0.2, 0.25) is 10.0 Å². The first-order chi connectivity index (χ1) is 12.6. The van der Waals surface area contributed by atoms with E-state index >= 15 is 0 Å². The number of rotatable bonds is 4. The average molecular weight is 403 g/mol. The van der Waals surface area contributed by atoms with Gasteiger partial charge in [-0.05, 0) is 25.0 Å². The summed E-state index contributed by atoms with van der Waals surface area (Å²) >= 11 is 0. The molecule has 1 saturated heterocycles. The van der Waals surface area contributed by atoms with Crippen LogP contribution in [0.5, 0.6) is 0 Å².